The lowest BCUT2D eigenvalue weighted by atomic mass is 9.89. The molecule has 4 nitrogen and oxygen atoms in total. The molecule has 0 spiro atoms. The van der Waals surface area contributed by atoms with E-state index in [0.717, 1.165) is 36.6 Å². The number of carbonyl (C=O) groups excluding carboxylic acids is 1. The Hall–Kier alpha value is -0.650. The fourth-order valence-electron chi connectivity index (χ4n) is 3.61. The maximum Gasteiger partial charge on any atom is 0.257 e. The highest BCUT2D eigenvalue weighted by Crippen LogP contribution is 2.25. The molecule has 1 aromatic heterocycles. The molecular weight excluding hydrogens is 378 g/mol. The van der Waals surface area contributed by atoms with E-state index in [1.165, 1.54) is 38.6 Å². The quantitative estimate of drug-likeness (QED) is 0.723. The summed E-state index contributed by atoms with van der Waals surface area (Å²) in [7, 11) is 0. The Kier molecular flexibility index (Phi) is 5.94. The van der Waals surface area contributed by atoms with Gasteiger partial charge in [-0.3, -0.25) is 9.69 Å². The third-order valence-electron chi connectivity index (χ3n) is 4.94. The van der Waals surface area contributed by atoms with Crippen LogP contribution in [0.5, 0.6) is 0 Å². The van der Waals surface area contributed by atoms with E-state index in [1.54, 1.807) is 12.3 Å². The van der Waals surface area contributed by atoms with Crippen LogP contribution in [-0.4, -0.2) is 53.4 Å². The van der Waals surface area contributed by atoms with Gasteiger partial charge in [0.25, 0.3) is 5.91 Å². The molecule has 3 rings (SSSR count). The molecule has 0 aromatic carbocycles. The minimum Gasteiger partial charge on any atom is -0.336 e. The van der Waals surface area contributed by atoms with Crippen LogP contribution in [0, 0.1) is 5.92 Å². The predicted octanol–water partition coefficient (Wildman–Crippen LogP) is 3.84. The zero-order chi connectivity index (χ0) is 16.2. The van der Waals surface area contributed by atoms with Crippen molar-refractivity contribution in [1.29, 1.82) is 0 Å². The largest absolute Gasteiger partial charge is 0.336 e. The molecule has 0 bridgehead atoms. The zero-order valence-corrected chi connectivity index (χ0v) is 15.7. The van der Waals surface area contributed by atoms with Crippen LogP contribution in [0.25, 0.3) is 0 Å². The molecule has 1 aromatic rings. The Labute approximate surface area is 151 Å². The summed E-state index contributed by atoms with van der Waals surface area (Å²) in [6, 6.07) is 1.76. The summed E-state index contributed by atoms with van der Waals surface area (Å²) < 4.78 is 0.779. The van der Waals surface area contributed by atoms with Gasteiger partial charge >= 0.3 is 0 Å². The van der Waals surface area contributed by atoms with E-state index in [2.05, 4.69) is 25.8 Å². The van der Waals surface area contributed by atoms with Gasteiger partial charge in [0.1, 0.15) is 5.15 Å². The van der Waals surface area contributed by atoms with Crippen molar-refractivity contribution in [2.24, 2.45) is 5.92 Å². The van der Waals surface area contributed by atoms with Gasteiger partial charge in [-0.15, -0.1) is 0 Å². The molecule has 126 valence electrons. The number of aromatic nitrogens is 1. The lowest BCUT2D eigenvalue weighted by Gasteiger charge is -2.37. The Bertz CT molecular complexity index is 555. The van der Waals surface area contributed by atoms with Crippen LogP contribution >= 0.6 is 27.5 Å². The van der Waals surface area contributed by atoms with Crippen LogP contribution in [0.1, 0.15) is 42.5 Å². The third kappa shape index (κ3) is 4.46. The number of hydrogen-bond donors (Lipinski definition) is 0. The number of amides is 1. The molecule has 1 amide bonds. The Morgan fingerprint density at radius 1 is 1.22 bits per heavy atom. The summed E-state index contributed by atoms with van der Waals surface area (Å²) in [5.74, 6) is 0.843. The minimum atomic E-state index is -0.0129. The van der Waals surface area contributed by atoms with E-state index in [4.69, 9.17) is 11.6 Å². The highest BCUT2D eigenvalue weighted by atomic mass is 79.9. The molecule has 6 heteroatoms. The second-order valence-electron chi connectivity index (χ2n) is 6.59. The van der Waals surface area contributed by atoms with Gasteiger partial charge in [0.05, 0.1) is 5.56 Å². The lowest BCUT2D eigenvalue weighted by Crippen LogP contribution is -2.50. The fourth-order valence-corrected chi connectivity index (χ4v) is 4.13. The number of carbonyl (C=O) groups is 1. The summed E-state index contributed by atoms with van der Waals surface area (Å²) in [5.41, 5.74) is 0.488. The first-order valence-electron chi connectivity index (χ1n) is 8.46. The number of pyridine rings is 1. The first kappa shape index (κ1) is 17.2. The predicted molar refractivity (Wildman–Crippen MR) is 95.9 cm³/mol. The van der Waals surface area contributed by atoms with E-state index in [9.17, 15) is 4.79 Å². The van der Waals surface area contributed by atoms with Crippen molar-refractivity contribution >= 4 is 33.4 Å². The smallest absolute Gasteiger partial charge is 0.257 e. The van der Waals surface area contributed by atoms with Crippen LogP contribution in [0.2, 0.25) is 5.15 Å². The number of piperazine rings is 1. The second kappa shape index (κ2) is 7.95. The van der Waals surface area contributed by atoms with Crippen molar-refractivity contribution in [2.45, 2.75) is 32.1 Å². The number of hydrogen-bond acceptors (Lipinski definition) is 3. The lowest BCUT2D eigenvalue weighted by molar-refractivity contribution is 0.0606. The molecule has 0 N–H and O–H groups in total. The van der Waals surface area contributed by atoms with Crippen LogP contribution in [-0.2, 0) is 0 Å². The Balaban J connectivity index is 1.53. The zero-order valence-electron chi connectivity index (χ0n) is 13.3. The van der Waals surface area contributed by atoms with Crippen molar-refractivity contribution in [2.75, 3.05) is 32.7 Å². The second-order valence-corrected chi connectivity index (χ2v) is 7.86. The molecule has 2 heterocycles. The van der Waals surface area contributed by atoms with E-state index in [-0.39, 0.29) is 11.1 Å². The van der Waals surface area contributed by atoms with Crippen LogP contribution in [0.4, 0.5) is 0 Å². The van der Waals surface area contributed by atoms with E-state index >= 15 is 0 Å². The van der Waals surface area contributed by atoms with Gasteiger partial charge in [0.2, 0.25) is 0 Å². The average Bonchev–Trinajstić information content (AvgIpc) is 2.58. The van der Waals surface area contributed by atoms with Crippen molar-refractivity contribution in [3.05, 3.63) is 27.5 Å². The number of halogens is 2. The van der Waals surface area contributed by atoms with Gasteiger partial charge in [0.15, 0.2) is 0 Å². The van der Waals surface area contributed by atoms with Crippen molar-refractivity contribution in [1.82, 2.24) is 14.8 Å². The molecule has 0 radical (unpaired) electrons. The van der Waals surface area contributed by atoms with Crippen LogP contribution in [0.3, 0.4) is 0 Å². The first-order valence-corrected chi connectivity index (χ1v) is 9.63. The van der Waals surface area contributed by atoms with E-state index < -0.39 is 0 Å². The molecule has 0 unspecified atom stereocenters. The molecule has 1 aliphatic heterocycles. The van der Waals surface area contributed by atoms with Crippen LogP contribution < -0.4 is 0 Å². The Morgan fingerprint density at radius 2 is 1.91 bits per heavy atom. The molecule has 23 heavy (non-hydrogen) atoms. The molecule has 2 fully saturated rings. The van der Waals surface area contributed by atoms with Gasteiger partial charge < -0.3 is 4.90 Å². The standard InChI is InChI=1S/C17H23BrClN3O/c18-14-10-15(16(19)20-11-14)17(23)22-8-6-21(7-9-22)12-13-4-2-1-3-5-13/h10-11,13H,1-9,12H2. The summed E-state index contributed by atoms with van der Waals surface area (Å²) in [6.45, 7) is 4.66. The summed E-state index contributed by atoms with van der Waals surface area (Å²) in [4.78, 5) is 21.1. The number of nitrogens with zero attached hydrogens (tertiary/aromatic N) is 3. The maximum absolute atomic E-state index is 12.6. The summed E-state index contributed by atoms with van der Waals surface area (Å²) >= 11 is 9.43. The number of rotatable bonds is 3. The SMILES string of the molecule is O=C(c1cc(Br)cnc1Cl)N1CCN(CC2CCCCC2)CC1. The van der Waals surface area contributed by atoms with Gasteiger partial charge in [-0.2, -0.15) is 0 Å². The summed E-state index contributed by atoms with van der Waals surface area (Å²) in [5, 5.41) is 0.280. The van der Waals surface area contributed by atoms with Crippen molar-refractivity contribution in [3.63, 3.8) is 0 Å². The van der Waals surface area contributed by atoms with Crippen molar-refractivity contribution in [3.8, 4) is 0 Å². The molecule has 1 aliphatic carbocycles. The average molecular weight is 401 g/mol. The highest BCUT2D eigenvalue weighted by Gasteiger charge is 2.26. The van der Waals surface area contributed by atoms with E-state index in [0.29, 0.717) is 5.56 Å². The first-order chi connectivity index (χ1) is 11.1. The molecular formula is C17H23BrClN3O. The molecule has 2 aliphatic rings. The summed E-state index contributed by atoms with van der Waals surface area (Å²) in [6.07, 6.45) is 8.54. The third-order valence-corrected chi connectivity index (χ3v) is 5.67. The highest BCUT2D eigenvalue weighted by molar-refractivity contribution is 9.10. The fraction of sp³-hybridized carbons (Fsp3) is 0.647. The molecule has 1 saturated heterocycles. The van der Waals surface area contributed by atoms with Gasteiger partial charge in [-0.1, -0.05) is 30.9 Å². The van der Waals surface area contributed by atoms with Crippen LogP contribution in [0.15, 0.2) is 16.7 Å². The maximum atomic E-state index is 12.6. The van der Waals surface area contributed by atoms with Gasteiger partial charge in [0, 0.05) is 43.4 Å². The Morgan fingerprint density at radius 3 is 2.61 bits per heavy atom. The van der Waals surface area contributed by atoms with Crippen molar-refractivity contribution < 1.29 is 4.79 Å². The van der Waals surface area contributed by atoms with E-state index in [1.807, 2.05) is 4.90 Å². The topological polar surface area (TPSA) is 36.4 Å². The normalized spacial score (nSPS) is 20.7. The van der Waals surface area contributed by atoms with Gasteiger partial charge in [-0.25, -0.2) is 4.98 Å². The molecule has 0 atom stereocenters. The minimum absolute atomic E-state index is 0.0129. The monoisotopic (exact) mass is 399 g/mol. The van der Waals surface area contributed by atoms with Gasteiger partial charge in [-0.05, 0) is 40.8 Å². The molecule has 1 saturated carbocycles.